The highest BCUT2D eigenvalue weighted by molar-refractivity contribution is 5.16. The molecule has 0 amide bonds. The zero-order valence-electron chi connectivity index (χ0n) is 13.2. The van der Waals surface area contributed by atoms with Crippen LogP contribution in [0.5, 0.6) is 0 Å². The molecule has 0 aromatic carbocycles. The van der Waals surface area contributed by atoms with Crippen LogP contribution in [0.15, 0.2) is 12.2 Å². The zero-order chi connectivity index (χ0) is 13.6. The van der Waals surface area contributed by atoms with Gasteiger partial charge in [0.25, 0.3) is 0 Å². The van der Waals surface area contributed by atoms with Crippen LogP contribution >= 0.6 is 0 Å². The number of hydrogen-bond donors (Lipinski definition) is 0. The molecular weight excluding hydrogens is 228 g/mol. The van der Waals surface area contributed by atoms with Crippen molar-refractivity contribution in [2.75, 3.05) is 0 Å². The maximum Gasteiger partial charge on any atom is -0.0146 e. The lowest BCUT2D eigenvalue weighted by Crippen LogP contribution is -2.45. The van der Waals surface area contributed by atoms with E-state index >= 15 is 0 Å². The molecule has 0 radical (unpaired) electrons. The summed E-state index contributed by atoms with van der Waals surface area (Å²) in [7, 11) is 0. The normalized spacial score (nSPS) is 50.5. The van der Waals surface area contributed by atoms with Crippen molar-refractivity contribution in [3.8, 4) is 0 Å². The summed E-state index contributed by atoms with van der Waals surface area (Å²) in [5.74, 6) is 6.52. The minimum absolute atomic E-state index is 0.772. The standard InChI is InChI=1S/C19H32/c1-5-15-10-17-11-16-8-6-7-9-18(16)14(4)19(17)13(3)12(15)2/h12,14-19H,3,5-11H2,1-2,4H3/t12?,14-,15?,16-,17?,18+,19?/m0/s1. The Morgan fingerprint density at radius 3 is 2.53 bits per heavy atom. The molecule has 0 heteroatoms. The summed E-state index contributed by atoms with van der Waals surface area (Å²) in [6.07, 6.45) is 10.4. The fourth-order valence-electron chi connectivity index (χ4n) is 6.06. The lowest BCUT2D eigenvalue weighted by atomic mass is 9.51. The molecule has 7 atom stereocenters. The fraction of sp³-hybridized carbons (Fsp3) is 0.895. The minimum Gasteiger partial charge on any atom is -0.0993 e. The van der Waals surface area contributed by atoms with Crippen molar-refractivity contribution < 1.29 is 0 Å². The van der Waals surface area contributed by atoms with Crippen LogP contribution in [0.4, 0.5) is 0 Å². The molecule has 19 heavy (non-hydrogen) atoms. The number of rotatable bonds is 1. The van der Waals surface area contributed by atoms with E-state index < -0.39 is 0 Å². The average molecular weight is 260 g/mol. The molecule has 3 aliphatic carbocycles. The van der Waals surface area contributed by atoms with E-state index in [4.69, 9.17) is 0 Å². The summed E-state index contributed by atoms with van der Waals surface area (Å²) in [5.41, 5.74) is 1.62. The molecule has 4 unspecified atom stereocenters. The van der Waals surface area contributed by atoms with Crippen molar-refractivity contribution in [3.63, 3.8) is 0 Å². The van der Waals surface area contributed by atoms with E-state index in [1.54, 1.807) is 5.57 Å². The first-order valence-electron chi connectivity index (χ1n) is 8.82. The van der Waals surface area contributed by atoms with E-state index in [1.807, 2.05) is 0 Å². The zero-order valence-corrected chi connectivity index (χ0v) is 13.2. The van der Waals surface area contributed by atoms with Crippen molar-refractivity contribution in [2.45, 2.75) is 65.7 Å². The summed E-state index contributed by atoms with van der Waals surface area (Å²) < 4.78 is 0. The summed E-state index contributed by atoms with van der Waals surface area (Å²) in [6.45, 7) is 12.0. The fourth-order valence-corrected chi connectivity index (χ4v) is 6.06. The lowest BCUT2D eigenvalue weighted by Gasteiger charge is -2.54. The molecule has 3 rings (SSSR count). The molecule has 0 aromatic heterocycles. The predicted molar refractivity (Wildman–Crippen MR) is 82.9 cm³/mol. The van der Waals surface area contributed by atoms with Crippen molar-refractivity contribution >= 4 is 0 Å². The van der Waals surface area contributed by atoms with E-state index in [0.717, 1.165) is 41.4 Å². The first-order chi connectivity index (χ1) is 9.13. The number of allylic oxidation sites excluding steroid dienone is 1. The Kier molecular flexibility index (Phi) is 3.80. The Morgan fingerprint density at radius 1 is 1.05 bits per heavy atom. The van der Waals surface area contributed by atoms with Crippen molar-refractivity contribution in [2.24, 2.45) is 41.4 Å². The van der Waals surface area contributed by atoms with Gasteiger partial charge in [-0.05, 0) is 60.7 Å². The number of fused-ring (bicyclic) bond motifs is 2. The average Bonchev–Trinajstić information content (AvgIpc) is 2.42. The van der Waals surface area contributed by atoms with Crippen molar-refractivity contribution in [1.82, 2.24) is 0 Å². The molecule has 0 aromatic rings. The topological polar surface area (TPSA) is 0 Å². The molecule has 3 saturated carbocycles. The largest absolute Gasteiger partial charge is 0.0993 e. The van der Waals surface area contributed by atoms with Gasteiger partial charge in [-0.2, -0.15) is 0 Å². The summed E-state index contributed by atoms with van der Waals surface area (Å²) in [6, 6.07) is 0. The maximum absolute atomic E-state index is 4.57. The molecule has 108 valence electrons. The van der Waals surface area contributed by atoms with Crippen molar-refractivity contribution in [1.29, 1.82) is 0 Å². The van der Waals surface area contributed by atoms with Gasteiger partial charge in [-0.3, -0.25) is 0 Å². The van der Waals surface area contributed by atoms with Gasteiger partial charge in [-0.15, -0.1) is 0 Å². The molecular formula is C19H32. The Bertz CT molecular complexity index is 342. The van der Waals surface area contributed by atoms with Crippen LogP contribution in [-0.2, 0) is 0 Å². The highest BCUT2D eigenvalue weighted by Crippen LogP contribution is 2.56. The SMILES string of the molecule is C=C1C(C)C(CC)CC2C[C@@H]3CCCC[C@@H]3[C@H](C)C12. The molecule has 0 saturated heterocycles. The second kappa shape index (κ2) is 5.26. The molecule has 0 nitrogen and oxygen atoms in total. The maximum atomic E-state index is 4.57. The van der Waals surface area contributed by atoms with Crippen LogP contribution < -0.4 is 0 Å². The second-order valence-corrected chi connectivity index (χ2v) is 7.86. The monoisotopic (exact) mass is 260 g/mol. The van der Waals surface area contributed by atoms with E-state index in [-0.39, 0.29) is 0 Å². The van der Waals surface area contributed by atoms with E-state index in [2.05, 4.69) is 27.4 Å². The van der Waals surface area contributed by atoms with Crippen molar-refractivity contribution in [3.05, 3.63) is 12.2 Å². The number of hydrogen-bond acceptors (Lipinski definition) is 0. The second-order valence-electron chi connectivity index (χ2n) is 7.86. The summed E-state index contributed by atoms with van der Waals surface area (Å²) in [4.78, 5) is 0. The highest BCUT2D eigenvalue weighted by atomic mass is 14.5. The van der Waals surface area contributed by atoms with Gasteiger partial charge >= 0.3 is 0 Å². The molecule has 3 fully saturated rings. The molecule has 0 spiro atoms. The molecule has 3 aliphatic rings. The van der Waals surface area contributed by atoms with Crippen LogP contribution in [-0.4, -0.2) is 0 Å². The van der Waals surface area contributed by atoms with E-state index in [0.29, 0.717) is 0 Å². The third kappa shape index (κ3) is 2.20. The Labute approximate surface area is 120 Å². The Morgan fingerprint density at radius 2 is 1.79 bits per heavy atom. The van der Waals surface area contributed by atoms with Gasteiger partial charge in [-0.1, -0.05) is 58.6 Å². The van der Waals surface area contributed by atoms with Crippen LogP contribution in [0.1, 0.15) is 65.7 Å². The van der Waals surface area contributed by atoms with Crippen LogP contribution in [0, 0.1) is 41.4 Å². The summed E-state index contributed by atoms with van der Waals surface area (Å²) >= 11 is 0. The first kappa shape index (κ1) is 13.7. The quantitative estimate of drug-likeness (QED) is 0.531. The Hall–Kier alpha value is -0.260. The van der Waals surface area contributed by atoms with E-state index in [9.17, 15) is 0 Å². The molecule has 0 aliphatic heterocycles. The van der Waals surface area contributed by atoms with Crippen LogP contribution in [0.2, 0.25) is 0 Å². The van der Waals surface area contributed by atoms with Gasteiger partial charge in [0.05, 0.1) is 0 Å². The minimum atomic E-state index is 0.772. The van der Waals surface area contributed by atoms with Gasteiger partial charge in [0.15, 0.2) is 0 Å². The third-order valence-electron chi connectivity index (χ3n) is 7.17. The molecule has 0 heterocycles. The van der Waals surface area contributed by atoms with Gasteiger partial charge < -0.3 is 0 Å². The third-order valence-corrected chi connectivity index (χ3v) is 7.17. The van der Waals surface area contributed by atoms with Gasteiger partial charge in [0.2, 0.25) is 0 Å². The van der Waals surface area contributed by atoms with Crippen LogP contribution in [0.25, 0.3) is 0 Å². The molecule has 0 N–H and O–H groups in total. The predicted octanol–water partition coefficient (Wildman–Crippen LogP) is 5.69. The van der Waals surface area contributed by atoms with Crippen LogP contribution in [0.3, 0.4) is 0 Å². The van der Waals surface area contributed by atoms with Gasteiger partial charge in [-0.25, -0.2) is 0 Å². The highest BCUT2D eigenvalue weighted by Gasteiger charge is 2.48. The smallest absolute Gasteiger partial charge is 0.0146 e. The van der Waals surface area contributed by atoms with Gasteiger partial charge in [0, 0.05) is 0 Å². The molecule has 0 bridgehead atoms. The lowest BCUT2D eigenvalue weighted by molar-refractivity contribution is 0.000692. The Balaban J connectivity index is 1.83. The van der Waals surface area contributed by atoms with Gasteiger partial charge in [0.1, 0.15) is 0 Å². The van der Waals surface area contributed by atoms with E-state index in [1.165, 1.54) is 44.9 Å². The summed E-state index contributed by atoms with van der Waals surface area (Å²) in [5, 5.41) is 0. The first-order valence-corrected chi connectivity index (χ1v) is 8.82.